The van der Waals surface area contributed by atoms with Crippen molar-refractivity contribution in [3.63, 3.8) is 0 Å². The van der Waals surface area contributed by atoms with E-state index in [1.807, 2.05) is 61.5 Å². The van der Waals surface area contributed by atoms with Gasteiger partial charge in [-0.1, -0.05) is 60.7 Å². The molecule has 218 valence electrons. The van der Waals surface area contributed by atoms with E-state index in [-0.39, 0.29) is 17.9 Å². The molecular formula is C36H35N3O3S. The van der Waals surface area contributed by atoms with Gasteiger partial charge in [-0.05, 0) is 78.4 Å². The number of amides is 1. The lowest BCUT2D eigenvalue weighted by molar-refractivity contribution is 0.0955. The topological polar surface area (TPSA) is 72.0 Å². The van der Waals surface area contributed by atoms with Gasteiger partial charge in [0.2, 0.25) is 0 Å². The van der Waals surface area contributed by atoms with Crippen LogP contribution in [0.1, 0.15) is 57.9 Å². The van der Waals surface area contributed by atoms with E-state index in [2.05, 4.69) is 64.4 Å². The number of thioether (sulfide) groups is 1. The molecular weight excluding hydrogens is 554 g/mol. The number of carbonyl (C=O) groups is 1. The third-order valence-corrected chi connectivity index (χ3v) is 9.32. The van der Waals surface area contributed by atoms with Crippen molar-refractivity contribution in [2.75, 3.05) is 19.5 Å². The summed E-state index contributed by atoms with van der Waals surface area (Å²) in [4.78, 5) is 14.1. The molecule has 6 nitrogen and oxygen atoms in total. The number of carbonyl (C=O) groups excluding carboxylic acids is 1. The number of ether oxygens (including phenoxy) is 2. The van der Waals surface area contributed by atoms with Crippen LogP contribution in [0.5, 0.6) is 11.5 Å². The molecule has 0 unspecified atom stereocenters. The van der Waals surface area contributed by atoms with Crippen LogP contribution in [0.15, 0.2) is 113 Å². The summed E-state index contributed by atoms with van der Waals surface area (Å²) in [6, 6.07) is 30.5. The van der Waals surface area contributed by atoms with Crippen LogP contribution in [0.25, 0.3) is 0 Å². The minimum atomic E-state index is -0.227. The summed E-state index contributed by atoms with van der Waals surface area (Å²) in [7, 11) is 3.36. The van der Waals surface area contributed by atoms with E-state index < -0.39 is 0 Å². The van der Waals surface area contributed by atoms with Crippen molar-refractivity contribution in [1.29, 1.82) is 0 Å². The molecule has 3 atom stereocenters. The number of benzene rings is 4. The number of nitrogens with zero attached hydrogens (tertiary/aromatic N) is 1. The van der Waals surface area contributed by atoms with Crippen LogP contribution in [-0.2, 0) is 5.75 Å². The molecule has 1 amide bonds. The summed E-state index contributed by atoms with van der Waals surface area (Å²) >= 11 is 1.78. The van der Waals surface area contributed by atoms with Gasteiger partial charge in [0.15, 0.2) is 11.5 Å². The molecule has 0 spiro atoms. The van der Waals surface area contributed by atoms with Gasteiger partial charge in [-0.3, -0.25) is 4.79 Å². The van der Waals surface area contributed by atoms with Crippen molar-refractivity contribution in [3.8, 4) is 11.5 Å². The van der Waals surface area contributed by atoms with Gasteiger partial charge in [0, 0.05) is 33.4 Å². The maximum Gasteiger partial charge on any atom is 0.271 e. The molecule has 6 rings (SSSR count). The number of anilines is 1. The average molecular weight is 590 g/mol. The molecule has 0 saturated carbocycles. The molecule has 0 fully saturated rings. The molecule has 7 heteroatoms. The zero-order valence-electron chi connectivity index (χ0n) is 24.5. The highest BCUT2D eigenvalue weighted by molar-refractivity contribution is 7.98. The van der Waals surface area contributed by atoms with Gasteiger partial charge >= 0.3 is 0 Å². The number of rotatable bonds is 9. The molecule has 1 aliphatic carbocycles. The Morgan fingerprint density at radius 3 is 2.49 bits per heavy atom. The lowest BCUT2D eigenvalue weighted by Crippen LogP contribution is -2.29. The number of hydrogen-bond donors (Lipinski definition) is 2. The Labute approximate surface area is 257 Å². The minimum absolute atomic E-state index is 0.0840. The van der Waals surface area contributed by atoms with E-state index in [4.69, 9.17) is 9.47 Å². The lowest BCUT2D eigenvalue weighted by Gasteiger charge is -2.38. The first kappa shape index (κ1) is 28.6. The van der Waals surface area contributed by atoms with Gasteiger partial charge in [0.1, 0.15) is 0 Å². The molecule has 43 heavy (non-hydrogen) atoms. The van der Waals surface area contributed by atoms with Gasteiger partial charge < -0.3 is 14.8 Å². The number of hydrazone groups is 1. The number of fused-ring (bicyclic) bond motifs is 3. The van der Waals surface area contributed by atoms with Crippen molar-refractivity contribution in [2.45, 2.75) is 36.0 Å². The highest BCUT2D eigenvalue weighted by atomic mass is 32.2. The average Bonchev–Trinajstić information content (AvgIpc) is 3.56. The van der Waals surface area contributed by atoms with Crippen molar-refractivity contribution >= 4 is 29.1 Å². The summed E-state index contributed by atoms with van der Waals surface area (Å²) in [5, 5.41) is 8.24. The molecule has 0 saturated heterocycles. The Hall–Kier alpha value is -4.49. The van der Waals surface area contributed by atoms with E-state index in [0.717, 1.165) is 46.2 Å². The summed E-state index contributed by atoms with van der Waals surface area (Å²) < 4.78 is 11.4. The Morgan fingerprint density at radius 1 is 0.930 bits per heavy atom. The van der Waals surface area contributed by atoms with Crippen molar-refractivity contribution < 1.29 is 14.3 Å². The smallest absolute Gasteiger partial charge is 0.271 e. The maximum absolute atomic E-state index is 12.9. The molecule has 2 aliphatic rings. The van der Waals surface area contributed by atoms with Crippen molar-refractivity contribution in [1.82, 2.24) is 5.43 Å². The van der Waals surface area contributed by atoms with Gasteiger partial charge in [0.25, 0.3) is 5.91 Å². The Kier molecular flexibility index (Phi) is 8.52. The van der Waals surface area contributed by atoms with E-state index in [1.54, 1.807) is 26.0 Å². The van der Waals surface area contributed by atoms with Gasteiger partial charge in [-0.15, -0.1) is 11.8 Å². The summed E-state index contributed by atoms with van der Waals surface area (Å²) in [6.45, 7) is 1.92. The Bertz CT molecular complexity index is 1670. The highest BCUT2D eigenvalue weighted by Crippen LogP contribution is 2.52. The first-order chi connectivity index (χ1) is 21.1. The molecule has 1 heterocycles. The fourth-order valence-electron chi connectivity index (χ4n) is 5.98. The first-order valence-corrected chi connectivity index (χ1v) is 15.4. The second-order valence-corrected chi connectivity index (χ2v) is 11.8. The predicted molar refractivity (Wildman–Crippen MR) is 174 cm³/mol. The Balaban J connectivity index is 1.15. The maximum atomic E-state index is 12.9. The number of methoxy groups -OCH3 is 2. The number of para-hydroxylation sites is 1. The van der Waals surface area contributed by atoms with E-state index in [0.29, 0.717) is 11.5 Å². The van der Waals surface area contributed by atoms with Crippen molar-refractivity contribution in [3.05, 3.63) is 131 Å². The fraction of sp³-hybridized carbons (Fsp3) is 0.222. The van der Waals surface area contributed by atoms with E-state index in [1.165, 1.54) is 16.0 Å². The van der Waals surface area contributed by atoms with Crippen molar-refractivity contribution in [2.24, 2.45) is 11.0 Å². The number of allylic oxidation sites excluding steroid dienone is 2. The number of hydrogen-bond acceptors (Lipinski definition) is 6. The minimum Gasteiger partial charge on any atom is -0.493 e. The third-order valence-electron chi connectivity index (χ3n) is 8.24. The standard InChI is InChI=1S/C36H35N3O3S/c1-23(38-39-36(40)25-17-15-24(16-18-25)22-43-27-9-5-4-6-10-27)26-19-20-32-31(21-26)28-11-7-12-29(28)34(37-32)30-13-8-14-33(41-2)35(30)42-3/h4-11,13-21,28-29,34,37H,12,22H2,1-3H3,(H,39,40)/b38-23-/t28-,29+,34-/m1/s1. The van der Waals surface area contributed by atoms with Crippen LogP contribution < -0.4 is 20.2 Å². The van der Waals surface area contributed by atoms with E-state index in [9.17, 15) is 4.79 Å². The molecule has 4 aromatic rings. The van der Waals surface area contributed by atoms with Crippen LogP contribution in [0.2, 0.25) is 0 Å². The lowest BCUT2D eigenvalue weighted by atomic mass is 9.76. The largest absolute Gasteiger partial charge is 0.493 e. The zero-order chi connectivity index (χ0) is 29.8. The van der Waals surface area contributed by atoms with Gasteiger partial charge in [0.05, 0.1) is 26.0 Å². The van der Waals surface area contributed by atoms with Crippen LogP contribution in [0.4, 0.5) is 5.69 Å². The highest BCUT2D eigenvalue weighted by Gasteiger charge is 2.39. The first-order valence-electron chi connectivity index (χ1n) is 14.5. The van der Waals surface area contributed by atoms with E-state index >= 15 is 0 Å². The molecule has 0 bridgehead atoms. The zero-order valence-corrected chi connectivity index (χ0v) is 25.4. The quantitative estimate of drug-likeness (QED) is 0.0897. The predicted octanol–water partition coefficient (Wildman–Crippen LogP) is 7.98. The fourth-order valence-corrected chi connectivity index (χ4v) is 6.86. The second kappa shape index (κ2) is 12.8. The van der Waals surface area contributed by atoms with Gasteiger partial charge in [-0.2, -0.15) is 5.10 Å². The monoisotopic (exact) mass is 589 g/mol. The molecule has 0 aromatic heterocycles. The number of nitrogens with one attached hydrogen (secondary N) is 2. The second-order valence-electron chi connectivity index (χ2n) is 10.8. The summed E-state index contributed by atoms with van der Waals surface area (Å²) in [5.74, 6) is 2.73. The summed E-state index contributed by atoms with van der Waals surface area (Å²) in [5.41, 5.74) is 9.64. The van der Waals surface area contributed by atoms with Crippen LogP contribution in [0.3, 0.4) is 0 Å². The Morgan fingerprint density at radius 2 is 1.72 bits per heavy atom. The molecule has 0 radical (unpaired) electrons. The molecule has 1 aliphatic heterocycles. The molecule has 4 aromatic carbocycles. The molecule has 2 N–H and O–H groups in total. The van der Waals surface area contributed by atoms with Crippen LogP contribution >= 0.6 is 11.8 Å². The van der Waals surface area contributed by atoms with Crippen LogP contribution in [0, 0.1) is 5.92 Å². The normalized spacial score (nSPS) is 18.8. The third kappa shape index (κ3) is 6.04. The van der Waals surface area contributed by atoms with Crippen LogP contribution in [-0.4, -0.2) is 25.8 Å². The SMILES string of the molecule is COc1cccc([C@@H]2Nc3ccc(/C(C)=N\NC(=O)c4ccc(CSc5ccccc5)cc4)cc3[C@@H]3C=CC[C@@H]32)c1OC. The summed E-state index contributed by atoms with van der Waals surface area (Å²) in [6.07, 6.45) is 5.55. The van der Waals surface area contributed by atoms with Gasteiger partial charge in [-0.25, -0.2) is 5.43 Å².